The molecule has 132 valence electrons. The first-order valence-corrected chi connectivity index (χ1v) is 8.75. The Hall–Kier alpha value is -2.99. The molecular formula is C20H20N4O2. The van der Waals surface area contributed by atoms with Gasteiger partial charge in [0.15, 0.2) is 0 Å². The molecule has 1 fully saturated rings. The number of aromatic nitrogens is 3. The van der Waals surface area contributed by atoms with E-state index < -0.39 is 0 Å². The Balaban J connectivity index is 1.61. The van der Waals surface area contributed by atoms with Gasteiger partial charge in [-0.3, -0.25) is 9.78 Å². The zero-order valence-corrected chi connectivity index (χ0v) is 14.3. The lowest BCUT2D eigenvalue weighted by Crippen LogP contribution is -2.33. The first-order valence-electron chi connectivity index (χ1n) is 8.75. The maximum atomic E-state index is 12.3. The molecule has 1 aliphatic heterocycles. The van der Waals surface area contributed by atoms with E-state index in [1.807, 2.05) is 53.3 Å². The van der Waals surface area contributed by atoms with Gasteiger partial charge >= 0.3 is 0 Å². The zero-order valence-electron chi connectivity index (χ0n) is 14.3. The van der Waals surface area contributed by atoms with E-state index in [0.717, 1.165) is 35.3 Å². The monoisotopic (exact) mass is 348 g/mol. The summed E-state index contributed by atoms with van der Waals surface area (Å²) in [6, 6.07) is 13.8. The van der Waals surface area contributed by atoms with Crippen molar-refractivity contribution >= 4 is 5.91 Å². The first-order chi connectivity index (χ1) is 12.8. The van der Waals surface area contributed by atoms with Crippen LogP contribution in [0.25, 0.3) is 16.9 Å². The number of nitrogens with zero attached hydrogens (tertiary/aromatic N) is 3. The third kappa shape index (κ3) is 3.50. The van der Waals surface area contributed by atoms with Crippen molar-refractivity contribution in [2.75, 3.05) is 6.61 Å². The van der Waals surface area contributed by atoms with Gasteiger partial charge < -0.3 is 10.1 Å². The molecule has 1 N–H and O–H groups in total. The molecule has 3 heterocycles. The van der Waals surface area contributed by atoms with Crippen LogP contribution >= 0.6 is 0 Å². The molecule has 0 unspecified atom stereocenters. The van der Waals surface area contributed by atoms with Crippen LogP contribution in [0, 0.1) is 0 Å². The minimum atomic E-state index is -0.330. The number of ether oxygens (including phenoxy) is 1. The van der Waals surface area contributed by atoms with Crippen molar-refractivity contribution in [1.82, 2.24) is 20.1 Å². The third-order valence-corrected chi connectivity index (χ3v) is 4.44. The number of hydrogen-bond donors (Lipinski definition) is 1. The normalized spacial score (nSPS) is 16.5. The van der Waals surface area contributed by atoms with Crippen molar-refractivity contribution in [1.29, 1.82) is 0 Å². The molecule has 0 aliphatic carbocycles. The van der Waals surface area contributed by atoms with Gasteiger partial charge in [-0.2, -0.15) is 5.10 Å². The number of amides is 1. The van der Waals surface area contributed by atoms with Crippen molar-refractivity contribution in [2.45, 2.75) is 25.5 Å². The lowest BCUT2D eigenvalue weighted by atomic mass is 10.1. The zero-order chi connectivity index (χ0) is 17.8. The number of rotatable bonds is 5. The summed E-state index contributed by atoms with van der Waals surface area (Å²) >= 11 is 0. The molecule has 4 rings (SSSR count). The van der Waals surface area contributed by atoms with Crippen LogP contribution in [0.15, 0.2) is 61.1 Å². The Morgan fingerprint density at radius 3 is 2.73 bits per heavy atom. The SMILES string of the molecule is O=C(NCc1cn(-c2ccccc2)nc1-c1ccncc1)[C@@H]1CCCO1. The molecule has 6 heteroatoms. The third-order valence-electron chi connectivity index (χ3n) is 4.44. The minimum Gasteiger partial charge on any atom is -0.368 e. The lowest BCUT2D eigenvalue weighted by Gasteiger charge is -2.10. The summed E-state index contributed by atoms with van der Waals surface area (Å²) in [6.07, 6.45) is 6.83. The second-order valence-electron chi connectivity index (χ2n) is 6.24. The maximum Gasteiger partial charge on any atom is 0.249 e. The molecule has 26 heavy (non-hydrogen) atoms. The average Bonchev–Trinajstić information content (AvgIpc) is 3.38. The summed E-state index contributed by atoms with van der Waals surface area (Å²) in [7, 11) is 0. The first kappa shape index (κ1) is 16.5. The van der Waals surface area contributed by atoms with E-state index in [1.54, 1.807) is 12.4 Å². The highest BCUT2D eigenvalue weighted by Crippen LogP contribution is 2.23. The van der Waals surface area contributed by atoms with E-state index in [2.05, 4.69) is 10.3 Å². The Kier molecular flexibility index (Phi) is 4.75. The second kappa shape index (κ2) is 7.49. The minimum absolute atomic E-state index is 0.0596. The average molecular weight is 348 g/mol. The van der Waals surface area contributed by atoms with Gasteiger partial charge in [-0.1, -0.05) is 18.2 Å². The second-order valence-corrected chi connectivity index (χ2v) is 6.24. The van der Waals surface area contributed by atoms with Crippen LogP contribution in [0.4, 0.5) is 0 Å². The highest BCUT2D eigenvalue weighted by molar-refractivity contribution is 5.81. The van der Waals surface area contributed by atoms with Crippen molar-refractivity contribution in [3.63, 3.8) is 0 Å². The number of benzene rings is 1. The number of carbonyl (C=O) groups is 1. The van der Waals surface area contributed by atoms with Gasteiger partial charge in [0.05, 0.1) is 11.4 Å². The standard InChI is InChI=1S/C20H20N4O2/c25-20(18-7-4-12-26-18)22-13-16-14-24(17-5-2-1-3-6-17)23-19(16)15-8-10-21-11-9-15/h1-3,5-6,8-11,14,18H,4,7,12-13H2,(H,22,25)/t18-/m0/s1. The lowest BCUT2D eigenvalue weighted by molar-refractivity contribution is -0.130. The summed E-state index contributed by atoms with van der Waals surface area (Å²) in [4.78, 5) is 16.3. The number of carbonyl (C=O) groups excluding carboxylic acids is 1. The predicted octanol–water partition coefficient (Wildman–Crippen LogP) is 2.73. The quantitative estimate of drug-likeness (QED) is 0.770. The molecule has 0 saturated carbocycles. The van der Waals surface area contributed by atoms with Crippen molar-refractivity contribution in [3.8, 4) is 16.9 Å². The number of para-hydroxylation sites is 1. The van der Waals surface area contributed by atoms with Crippen LogP contribution in [-0.4, -0.2) is 33.4 Å². The van der Waals surface area contributed by atoms with Gasteiger partial charge in [0, 0.05) is 42.9 Å². The van der Waals surface area contributed by atoms with E-state index in [0.29, 0.717) is 13.2 Å². The molecule has 1 amide bonds. The Bertz CT molecular complexity index is 871. The summed E-state index contributed by atoms with van der Waals surface area (Å²) in [5.74, 6) is -0.0596. The fourth-order valence-corrected chi connectivity index (χ4v) is 3.09. The molecule has 0 spiro atoms. The molecule has 1 aliphatic rings. The van der Waals surface area contributed by atoms with Crippen LogP contribution in [0.5, 0.6) is 0 Å². The smallest absolute Gasteiger partial charge is 0.249 e. The van der Waals surface area contributed by atoms with Crippen LogP contribution < -0.4 is 5.32 Å². The summed E-state index contributed by atoms with van der Waals surface area (Å²) < 4.78 is 7.29. The number of nitrogens with one attached hydrogen (secondary N) is 1. The molecule has 3 aromatic rings. The van der Waals surface area contributed by atoms with Gasteiger partial charge in [0.25, 0.3) is 0 Å². The molecule has 1 saturated heterocycles. The van der Waals surface area contributed by atoms with E-state index in [1.165, 1.54) is 0 Å². The van der Waals surface area contributed by atoms with Crippen molar-refractivity contribution < 1.29 is 9.53 Å². The van der Waals surface area contributed by atoms with Crippen LogP contribution in [0.2, 0.25) is 0 Å². The topological polar surface area (TPSA) is 69.0 Å². The van der Waals surface area contributed by atoms with Crippen molar-refractivity contribution in [2.24, 2.45) is 0 Å². The van der Waals surface area contributed by atoms with Gasteiger partial charge in [-0.05, 0) is 37.1 Å². The highest BCUT2D eigenvalue weighted by atomic mass is 16.5. The summed E-state index contributed by atoms with van der Waals surface area (Å²) in [5, 5.41) is 7.72. The van der Waals surface area contributed by atoms with Gasteiger partial charge in [0.1, 0.15) is 6.10 Å². The van der Waals surface area contributed by atoms with E-state index >= 15 is 0 Å². The Morgan fingerprint density at radius 2 is 2.00 bits per heavy atom. The predicted molar refractivity (Wildman–Crippen MR) is 97.6 cm³/mol. The van der Waals surface area contributed by atoms with Gasteiger partial charge in [-0.15, -0.1) is 0 Å². The molecule has 1 aromatic carbocycles. The fraction of sp³-hybridized carbons (Fsp3) is 0.250. The molecule has 6 nitrogen and oxygen atoms in total. The van der Waals surface area contributed by atoms with E-state index in [-0.39, 0.29) is 12.0 Å². The number of hydrogen-bond acceptors (Lipinski definition) is 4. The largest absolute Gasteiger partial charge is 0.368 e. The van der Waals surface area contributed by atoms with Crippen LogP contribution in [0.3, 0.4) is 0 Å². The number of pyridine rings is 1. The van der Waals surface area contributed by atoms with E-state index in [4.69, 9.17) is 9.84 Å². The Labute approximate surface area is 151 Å². The molecule has 2 aromatic heterocycles. The molecular weight excluding hydrogens is 328 g/mol. The van der Waals surface area contributed by atoms with Gasteiger partial charge in [0.2, 0.25) is 5.91 Å². The summed E-state index contributed by atoms with van der Waals surface area (Å²) in [6.45, 7) is 1.06. The fourth-order valence-electron chi connectivity index (χ4n) is 3.09. The van der Waals surface area contributed by atoms with Gasteiger partial charge in [-0.25, -0.2) is 4.68 Å². The Morgan fingerprint density at radius 1 is 1.19 bits per heavy atom. The maximum absolute atomic E-state index is 12.3. The summed E-state index contributed by atoms with van der Waals surface area (Å²) in [5.41, 5.74) is 3.73. The molecule has 0 bridgehead atoms. The van der Waals surface area contributed by atoms with E-state index in [9.17, 15) is 4.79 Å². The van der Waals surface area contributed by atoms with Crippen LogP contribution in [-0.2, 0) is 16.1 Å². The van der Waals surface area contributed by atoms with Crippen molar-refractivity contribution in [3.05, 3.63) is 66.6 Å². The van der Waals surface area contributed by atoms with Crippen LogP contribution in [0.1, 0.15) is 18.4 Å². The molecule has 0 radical (unpaired) electrons. The highest BCUT2D eigenvalue weighted by Gasteiger charge is 2.23. The molecule has 1 atom stereocenters.